The van der Waals surface area contributed by atoms with Gasteiger partial charge in [0.25, 0.3) is 0 Å². The number of benzene rings is 1. The van der Waals surface area contributed by atoms with Crippen LogP contribution in [0, 0.1) is 5.82 Å². The van der Waals surface area contributed by atoms with E-state index in [0.29, 0.717) is 24.5 Å². The Morgan fingerprint density at radius 2 is 2.22 bits per heavy atom. The van der Waals surface area contributed by atoms with Crippen LogP contribution >= 0.6 is 0 Å². The number of hydrogen-bond donors (Lipinski definition) is 0. The van der Waals surface area contributed by atoms with Gasteiger partial charge in [0.15, 0.2) is 0 Å². The average Bonchev–Trinajstić information content (AvgIpc) is 2.58. The van der Waals surface area contributed by atoms with Gasteiger partial charge in [-0.25, -0.2) is 9.37 Å². The number of aromatic nitrogens is 2. The summed E-state index contributed by atoms with van der Waals surface area (Å²) in [6.45, 7) is 1.16. The third-order valence-corrected chi connectivity index (χ3v) is 3.86. The smallest absolute Gasteiger partial charge is 0.232 e. The third-order valence-electron chi connectivity index (χ3n) is 3.86. The van der Waals surface area contributed by atoms with Crippen LogP contribution in [0.15, 0.2) is 42.9 Å². The highest BCUT2D eigenvalue weighted by molar-refractivity contribution is 5.79. The van der Waals surface area contributed by atoms with Crippen molar-refractivity contribution < 1.29 is 13.9 Å². The Morgan fingerprint density at radius 1 is 1.35 bits per heavy atom. The molecule has 1 aliphatic rings. The minimum absolute atomic E-state index is 0.0739. The van der Waals surface area contributed by atoms with Gasteiger partial charge in [0.05, 0.1) is 19.2 Å². The van der Waals surface area contributed by atoms with Crippen LogP contribution in [0.25, 0.3) is 0 Å². The summed E-state index contributed by atoms with van der Waals surface area (Å²) in [5, 5.41) is 0. The predicted molar refractivity (Wildman–Crippen MR) is 82.4 cm³/mol. The highest BCUT2D eigenvalue weighted by Crippen LogP contribution is 2.17. The first-order chi connectivity index (χ1) is 11.2. The van der Waals surface area contributed by atoms with Gasteiger partial charge in [-0.15, -0.1) is 0 Å². The molecule has 0 bridgehead atoms. The molecule has 3 rings (SSSR count). The fraction of sp³-hybridized carbons (Fsp3) is 0.353. The fourth-order valence-corrected chi connectivity index (χ4v) is 2.69. The molecule has 1 atom stereocenters. The van der Waals surface area contributed by atoms with Gasteiger partial charge in [-0.1, -0.05) is 18.2 Å². The van der Waals surface area contributed by atoms with Gasteiger partial charge in [0, 0.05) is 18.9 Å². The Hall–Kier alpha value is -2.50. The molecular weight excluding hydrogens is 297 g/mol. The van der Waals surface area contributed by atoms with E-state index in [1.807, 2.05) is 0 Å². The van der Waals surface area contributed by atoms with Crippen LogP contribution in [0.2, 0.25) is 0 Å². The van der Waals surface area contributed by atoms with Crippen molar-refractivity contribution in [3.63, 3.8) is 0 Å². The maximum absolute atomic E-state index is 13.7. The van der Waals surface area contributed by atoms with Gasteiger partial charge in [-0.3, -0.25) is 9.78 Å². The lowest BCUT2D eigenvalue weighted by molar-refractivity contribution is -0.133. The van der Waals surface area contributed by atoms with Crippen molar-refractivity contribution in [3.05, 3.63) is 54.2 Å². The van der Waals surface area contributed by atoms with Crippen molar-refractivity contribution in [1.29, 1.82) is 0 Å². The highest BCUT2D eigenvalue weighted by Gasteiger charge is 2.25. The molecule has 120 valence electrons. The first-order valence-electron chi connectivity index (χ1n) is 7.66. The van der Waals surface area contributed by atoms with Crippen molar-refractivity contribution in [2.24, 2.45) is 0 Å². The molecule has 1 aliphatic heterocycles. The first-order valence-corrected chi connectivity index (χ1v) is 7.66. The number of carbonyl (C=O) groups is 1. The van der Waals surface area contributed by atoms with Gasteiger partial charge in [-0.2, -0.15) is 0 Å². The second-order valence-corrected chi connectivity index (χ2v) is 5.53. The molecule has 0 N–H and O–H groups in total. The van der Waals surface area contributed by atoms with E-state index in [9.17, 15) is 9.18 Å². The molecule has 1 aromatic heterocycles. The van der Waals surface area contributed by atoms with Gasteiger partial charge in [0.2, 0.25) is 11.8 Å². The number of likely N-dealkylation sites (tertiary alicyclic amines) is 1. The first kappa shape index (κ1) is 15.4. The van der Waals surface area contributed by atoms with E-state index in [4.69, 9.17) is 4.74 Å². The van der Waals surface area contributed by atoms with Crippen LogP contribution < -0.4 is 4.74 Å². The van der Waals surface area contributed by atoms with Crippen LogP contribution in [0.3, 0.4) is 0 Å². The Morgan fingerprint density at radius 3 is 3.00 bits per heavy atom. The number of halogens is 1. The maximum atomic E-state index is 13.7. The number of ether oxygens (including phenoxy) is 1. The zero-order valence-electron chi connectivity index (χ0n) is 12.7. The summed E-state index contributed by atoms with van der Waals surface area (Å²) in [6.07, 6.45) is 6.39. The van der Waals surface area contributed by atoms with Gasteiger partial charge in [0.1, 0.15) is 11.9 Å². The summed E-state index contributed by atoms with van der Waals surface area (Å²) in [7, 11) is 0. The molecule has 1 aromatic carbocycles. The Labute approximate surface area is 134 Å². The SMILES string of the molecule is O=C(Cc1ccccc1F)N1CCCC(Oc2cnccn2)C1. The van der Waals surface area contributed by atoms with E-state index >= 15 is 0 Å². The zero-order chi connectivity index (χ0) is 16.1. The molecule has 6 heteroatoms. The number of rotatable bonds is 4. The van der Waals surface area contributed by atoms with Crippen LogP contribution in [0.4, 0.5) is 4.39 Å². The largest absolute Gasteiger partial charge is 0.471 e. The molecule has 5 nitrogen and oxygen atoms in total. The standard InChI is InChI=1S/C17H18FN3O2/c18-15-6-2-1-4-13(15)10-17(22)21-9-3-5-14(12-21)23-16-11-19-7-8-20-16/h1-2,4,6-8,11,14H,3,5,9-10,12H2. The minimum atomic E-state index is -0.342. The predicted octanol–water partition coefficient (Wildman–Crippen LogP) is 2.23. The van der Waals surface area contributed by atoms with Crippen molar-refractivity contribution >= 4 is 5.91 Å². The molecule has 0 aliphatic carbocycles. The molecule has 23 heavy (non-hydrogen) atoms. The van der Waals surface area contributed by atoms with Gasteiger partial charge in [-0.05, 0) is 24.5 Å². The number of hydrogen-bond acceptors (Lipinski definition) is 4. The zero-order valence-corrected chi connectivity index (χ0v) is 12.7. The molecule has 2 heterocycles. The van der Waals surface area contributed by atoms with Crippen molar-refractivity contribution in [1.82, 2.24) is 14.9 Å². The number of piperidine rings is 1. The summed E-state index contributed by atoms with van der Waals surface area (Å²) < 4.78 is 19.4. The van der Waals surface area contributed by atoms with Crippen molar-refractivity contribution in [2.75, 3.05) is 13.1 Å². The van der Waals surface area contributed by atoms with Crippen LogP contribution in [0.5, 0.6) is 5.88 Å². The molecule has 1 amide bonds. The molecular formula is C17H18FN3O2. The summed E-state index contributed by atoms with van der Waals surface area (Å²) >= 11 is 0. The Balaban J connectivity index is 1.59. The third kappa shape index (κ3) is 4.03. The minimum Gasteiger partial charge on any atom is -0.471 e. The van der Waals surface area contributed by atoms with Gasteiger partial charge >= 0.3 is 0 Å². The molecule has 0 radical (unpaired) electrons. The number of nitrogens with zero attached hydrogens (tertiary/aromatic N) is 3. The van der Waals surface area contributed by atoms with Crippen LogP contribution in [-0.4, -0.2) is 40.0 Å². The van der Waals surface area contributed by atoms with Crippen LogP contribution in [0.1, 0.15) is 18.4 Å². The lowest BCUT2D eigenvalue weighted by Crippen LogP contribution is -2.45. The molecule has 1 saturated heterocycles. The van der Waals surface area contributed by atoms with E-state index in [0.717, 1.165) is 12.8 Å². The highest BCUT2D eigenvalue weighted by atomic mass is 19.1. The van der Waals surface area contributed by atoms with Gasteiger partial charge < -0.3 is 9.64 Å². The summed E-state index contributed by atoms with van der Waals surface area (Å²) in [5.74, 6) is 0.0358. The molecule has 0 saturated carbocycles. The quantitative estimate of drug-likeness (QED) is 0.868. The Kier molecular flexibility index (Phi) is 4.80. The van der Waals surface area contributed by atoms with E-state index in [1.165, 1.54) is 6.07 Å². The van der Waals surface area contributed by atoms with E-state index < -0.39 is 0 Å². The van der Waals surface area contributed by atoms with Crippen molar-refractivity contribution in [3.8, 4) is 5.88 Å². The summed E-state index contributed by atoms with van der Waals surface area (Å²) in [5.41, 5.74) is 0.425. The monoisotopic (exact) mass is 315 g/mol. The maximum Gasteiger partial charge on any atom is 0.232 e. The van der Waals surface area contributed by atoms with E-state index in [2.05, 4.69) is 9.97 Å². The fourth-order valence-electron chi connectivity index (χ4n) is 2.69. The lowest BCUT2D eigenvalue weighted by Gasteiger charge is -2.32. The molecule has 1 unspecified atom stereocenters. The normalized spacial score (nSPS) is 17.8. The summed E-state index contributed by atoms with van der Waals surface area (Å²) in [4.78, 5) is 22.2. The van der Waals surface area contributed by atoms with Crippen LogP contribution in [-0.2, 0) is 11.2 Å². The number of amides is 1. The second-order valence-electron chi connectivity index (χ2n) is 5.53. The Bertz CT molecular complexity index is 666. The number of carbonyl (C=O) groups excluding carboxylic acids is 1. The summed E-state index contributed by atoms with van der Waals surface area (Å²) in [6, 6.07) is 6.38. The lowest BCUT2D eigenvalue weighted by atomic mass is 10.1. The molecule has 2 aromatic rings. The van der Waals surface area contributed by atoms with E-state index in [1.54, 1.807) is 41.7 Å². The van der Waals surface area contributed by atoms with Crippen molar-refractivity contribution in [2.45, 2.75) is 25.4 Å². The molecule has 1 fully saturated rings. The molecule has 0 spiro atoms. The topological polar surface area (TPSA) is 55.3 Å². The average molecular weight is 315 g/mol. The second kappa shape index (κ2) is 7.17. The van der Waals surface area contributed by atoms with E-state index in [-0.39, 0.29) is 24.2 Å².